The Balaban J connectivity index is 3.57. The molecule has 0 amide bonds. The molecule has 0 saturated heterocycles. The molecule has 2 heteroatoms. The second kappa shape index (κ2) is 1.60. The number of hydrogen-bond acceptors (Lipinski definition) is 1. The lowest BCUT2D eigenvalue weighted by Gasteiger charge is -1.74. The highest BCUT2D eigenvalue weighted by Crippen LogP contribution is 1.78. The first-order valence-corrected chi connectivity index (χ1v) is 1.55. The van der Waals surface area contributed by atoms with E-state index in [1.54, 1.807) is 0 Å². The maximum atomic E-state index is 8.20. The average molecular weight is 87.1 g/mol. The van der Waals surface area contributed by atoms with E-state index in [4.69, 9.17) is 9.90 Å². The second-order valence-electron chi connectivity index (χ2n) is 1.03. The summed E-state index contributed by atoms with van der Waals surface area (Å²) in [6, 6.07) is 0. The van der Waals surface area contributed by atoms with Crippen LogP contribution >= 0.6 is 0 Å². The molecule has 0 rings (SSSR count). The largest absolute Gasteiger partial charge is 0.501 e. The Morgan fingerprint density at radius 2 is 2.00 bits per heavy atom. The van der Waals surface area contributed by atoms with Gasteiger partial charge in [-0.05, 0) is 6.58 Å². The molecule has 0 radical (unpaired) electrons. The molecule has 34 valence electrons. The van der Waals surface area contributed by atoms with E-state index in [0.29, 0.717) is 0 Å². The van der Waals surface area contributed by atoms with Crippen LogP contribution in [-0.2, 0) is 0 Å². The van der Waals surface area contributed by atoms with Crippen molar-refractivity contribution in [2.75, 3.05) is 0 Å². The molecule has 0 aliphatic carbocycles. The summed E-state index contributed by atoms with van der Waals surface area (Å²) >= 11 is 0. The van der Waals surface area contributed by atoms with E-state index < -0.39 is 0 Å². The Bertz CT molecular complexity index is 71.5. The van der Waals surface area contributed by atoms with Gasteiger partial charge in [-0.15, -0.1) is 0 Å². The highest BCUT2D eigenvalue weighted by molar-refractivity contribution is 5.90. The van der Waals surface area contributed by atoms with Gasteiger partial charge >= 0.3 is 5.78 Å². The zero-order chi connectivity index (χ0) is 5.15. The molecule has 0 heterocycles. The van der Waals surface area contributed by atoms with Crippen LogP contribution in [0, 0.1) is 0 Å². The highest BCUT2D eigenvalue weighted by Gasteiger charge is 1.98. The average Bonchev–Trinajstić information content (AvgIpc) is 1.36. The normalized spacial score (nSPS) is 7.50. The number of hydrogen-bond donors (Lipinski definition) is 1. The van der Waals surface area contributed by atoms with Gasteiger partial charge in [0.05, 0.1) is 6.92 Å². The maximum absolute atomic E-state index is 8.20. The van der Waals surface area contributed by atoms with E-state index in [9.17, 15) is 0 Å². The second-order valence-corrected chi connectivity index (χ2v) is 1.03. The maximum Gasteiger partial charge on any atom is 0.353 e. The third kappa shape index (κ3) is 1.52. The van der Waals surface area contributed by atoms with Gasteiger partial charge in [0.2, 0.25) is 5.76 Å². The van der Waals surface area contributed by atoms with Crippen molar-refractivity contribution in [3.05, 3.63) is 12.3 Å². The summed E-state index contributed by atoms with van der Waals surface area (Å²) in [5.74, 6) is -0.398. The van der Waals surface area contributed by atoms with E-state index in [2.05, 4.69) is 6.58 Å². The van der Waals surface area contributed by atoms with E-state index in [1.807, 2.05) is 0 Å². The van der Waals surface area contributed by atoms with Crippen molar-refractivity contribution in [1.29, 1.82) is 0 Å². The molecule has 0 atom stereocenters. The Morgan fingerprint density at radius 1 is 1.83 bits per heavy atom. The fourth-order valence-electron chi connectivity index (χ4n) is 0. The van der Waals surface area contributed by atoms with E-state index in [1.165, 1.54) is 6.92 Å². The minimum Gasteiger partial charge on any atom is -0.501 e. The third-order valence-electron chi connectivity index (χ3n) is 0.418. The van der Waals surface area contributed by atoms with Crippen molar-refractivity contribution in [2.45, 2.75) is 6.92 Å². The third-order valence-corrected chi connectivity index (χ3v) is 0.418. The van der Waals surface area contributed by atoms with Crippen LogP contribution in [0.1, 0.15) is 6.92 Å². The Hall–Kier alpha value is -0.790. The van der Waals surface area contributed by atoms with Crippen LogP contribution in [-0.4, -0.2) is 15.7 Å². The first-order chi connectivity index (χ1) is 2.64. The predicted octanol–water partition coefficient (Wildman–Crippen LogP) is 0.623. The number of allylic oxidation sites excluding steroid dienone is 1. The molecular formula is C4H7O2+. The summed E-state index contributed by atoms with van der Waals surface area (Å²) in [5, 5.41) is 8.15. The lowest BCUT2D eigenvalue weighted by Crippen LogP contribution is -1.91. The Morgan fingerprint density at radius 3 is 2.00 bits per heavy atom. The van der Waals surface area contributed by atoms with Gasteiger partial charge in [0.15, 0.2) is 0 Å². The lowest BCUT2D eigenvalue weighted by molar-refractivity contribution is 0.433. The molecule has 6 heavy (non-hydrogen) atoms. The van der Waals surface area contributed by atoms with Gasteiger partial charge in [0.1, 0.15) is 0 Å². The molecule has 0 aliphatic rings. The number of carbonyl (C=O) groups excluding carboxylic acids is 1. The van der Waals surface area contributed by atoms with Gasteiger partial charge in [-0.25, -0.2) is 0 Å². The van der Waals surface area contributed by atoms with Gasteiger partial charge in [-0.1, -0.05) is 0 Å². The summed E-state index contributed by atoms with van der Waals surface area (Å²) < 4.78 is 0. The van der Waals surface area contributed by atoms with Gasteiger partial charge in [0.25, 0.3) is 0 Å². The van der Waals surface area contributed by atoms with Crippen LogP contribution in [0.2, 0.25) is 0 Å². The van der Waals surface area contributed by atoms with Gasteiger partial charge in [-0.3, -0.25) is 4.79 Å². The minimum atomic E-state index is -0.269. The fraction of sp³-hybridized carbons (Fsp3) is 0.250. The highest BCUT2D eigenvalue weighted by atomic mass is 16.3. The van der Waals surface area contributed by atoms with Crippen LogP contribution in [0.5, 0.6) is 0 Å². The van der Waals surface area contributed by atoms with Gasteiger partial charge in [-0.2, -0.15) is 0 Å². The zero-order valence-electron chi connectivity index (χ0n) is 3.60. The first-order valence-electron chi connectivity index (χ1n) is 1.55. The smallest absolute Gasteiger partial charge is 0.353 e. The summed E-state index contributed by atoms with van der Waals surface area (Å²) in [4.78, 5) is 8.20. The number of rotatable bonds is 1. The minimum absolute atomic E-state index is 0.130. The molecule has 2 nitrogen and oxygen atoms in total. The molecule has 0 fully saturated rings. The summed E-state index contributed by atoms with van der Waals surface area (Å²) in [6.07, 6.45) is 0. The number of aliphatic hydroxyl groups is 1. The molecule has 2 N–H and O–H groups in total. The lowest BCUT2D eigenvalue weighted by atomic mass is 10.4. The topological polar surface area (TPSA) is 41.6 Å². The number of ketones is 1. The van der Waals surface area contributed by atoms with Crippen LogP contribution < -0.4 is 0 Å². The molecule has 0 unspecified atom stereocenters. The molecule has 0 spiro atoms. The predicted molar refractivity (Wildman–Crippen MR) is 24.4 cm³/mol. The quantitative estimate of drug-likeness (QED) is 0.284. The zero-order valence-corrected chi connectivity index (χ0v) is 3.60. The molecule has 0 saturated carbocycles. The van der Waals surface area contributed by atoms with Gasteiger partial charge in [0, 0.05) is 0 Å². The molecular weight excluding hydrogens is 80.0 g/mol. The number of aliphatic hydroxyl groups excluding tert-OH is 1. The molecule has 0 aliphatic heterocycles. The van der Waals surface area contributed by atoms with Crippen molar-refractivity contribution in [2.24, 2.45) is 0 Å². The monoisotopic (exact) mass is 87.0 g/mol. The van der Waals surface area contributed by atoms with Crippen LogP contribution in [0.15, 0.2) is 12.3 Å². The van der Waals surface area contributed by atoms with Crippen LogP contribution in [0.4, 0.5) is 0 Å². The SMILES string of the molecule is C=C(O)C(C)=[OH+]. The van der Waals surface area contributed by atoms with Crippen molar-refractivity contribution in [1.82, 2.24) is 0 Å². The van der Waals surface area contributed by atoms with E-state index >= 15 is 0 Å². The van der Waals surface area contributed by atoms with E-state index in [-0.39, 0.29) is 11.5 Å². The van der Waals surface area contributed by atoms with Gasteiger partial charge < -0.3 is 5.11 Å². The Kier molecular flexibility index (Phi) is 1.39. The molecule has 0 bridgehead atoms. The van der Waals surface area contributed by atoms with Crippen molar-refractivity contribution < 1.29 is 9.90 Å². The fourth-order valence-corrected chi connectivity index (χ4v) is 0. The first kappa shape index (κ1) is 5.21. The van der Waals surface area contributed by atoms with Crippen molar-refractivity contribution in [3.8, 4) is 0 Å². The van der Waals surface area contributed by atoms with Crippen molar-refractivity contribution >= 4 is 5.78 Å². The van der Waals surface area contributed by atoms with Crippen LogP contribution in [0.3, 0.4) is 0 Å². The standard InChI is InChI=1S/C4H6O2/c1-3(5)4(2)6/h5H,1H2,2H3/p+1. The summed E-state index contributed by atoms with van der Waals surface area (Å²) in [7, 11) is 0. The molecule has 0 aromatic heterocycles. The van der Waals surface area contributed by atoms with Crippen molar-refractivity contribution in [3.63, 3.8) is 0 Å². The summed E-state index contributed by atoms with van der Waals surface area (Å²) in [5.41, 5.74) is 0. The molecule has 0 aromatic rings. The molecule has 0 aromatic carbocycles. The Labute approximate surface area is 36.1 Å². The van der Waals surface area contributed by atoms with Crippen LogP contribution in [0.25, 0.3) is 0 Å². The summed E-state index contributed by atoms with van der Waals surface area (Å²) in [6.45, 7) is 4.39. The van der Waals surface area contributed by atoms with E-state index in [0.717, 1.165) is 0 Å².